The largest absolute Gasteiger partial charge is 0.466 e. The summed E-state index contributed by atoms with van der Waals surface area (Å²) in [6.45, 7) is 4.95. The van der Waals surface area contributed by atoms with Gasteiger partial charge in [-0.3, -0.25) is 9.59 Å². The Morgan fingerprint density at radius 1 is 0.325 bits per heavy atom. The third-order valence-corrected chi connectivity index (χ3v) is 18.0. The molecule has 0 rings (SSSR count). The zero-order valence-electron chi connectivity index (χ0n) is 56.5. The summed E-state index contributed by atoms with van der Waals surface area (Å²) >= 11 is 0. The van der Waals surface area contributed by atoms with Crippen molar-refractivity contribution in [1.29, 1.82) is 0 Å². The number of rotatable bonds is 72. The summed E-state index contributed by atoms with van der Waals surface area (Å²) in [5, 5.41) is 23.3. The fourth-order valence-electron chi connectivity index (χ4n) is 12.2. The molecule has 2 unspecified atom stereocenters. The first-order valence-electron chi connectivity index (χ1n) is 38.1. The van der Waals surface area contributed by atoms with Gasteiger partial charge in [0.05, 0.1) is 25.4 Å². The highest BCUT2D eigenvalue weighted by Gasteiger charge is 2.18. The summed E-state index contributed by atoms with van der Waals surface area (Å²) in [6, 6.07) is -0.626. The lowest BCUT2D eigenvalue weighted by Crippen LogP contribution is -2.45. The SMILES string of the molecule is CCCCCCCCCCCCCCCCCCCC/C=C/C(O)C(CO)NC(=O)CCCCCCCCCCCCCCCCCC/C=C\CCCCCCCCCCCCCCOC(=O)CCCCCCCCCCCCCCCC. The van der Waals surface area contributed by atoms with Crippen molar-refractivity contribution >= 4 is 11.9 Å². The van der Waals surface area contributed by atoms with Crippen molar-refractivity contribution in [3.63, 3.8) is 0 Å². The van der Waals surface area contributed by atoms with E-state index in [9.17, 15) is 19.8 Å². The second-order valence-corrected chi connectivity index (χ2v) is 26.3. The average molecular weight is 1170 g/mol. The Morgan fingerprint density at radius 3 is 0.855 bits per heavy atom. The van der Waals surface area contributed by atoms with Gasteiger partial charge in [-0.25, -0.2) is 0 Å². The molecule has 0 aromatic heterocycles. The van der Waals surface area contributed by atoms with Gasteiger partial charge in [0.2, 0.25) is 5.91 Å². The van der Waals surface area contributed by atoms with Gasteiger partial charge in [-0.1, -0.05) is 385 Å². The number of ether oxygens (including phenoxy) is 1. The molecule has 83 heavy (non-hydrogen) atoms. The van der Waals surface area contributed by atoms with Crippen molar-refractivity contribution in [1.82, 2.24) is 5.32 Å². The maximum Gasteiger partial charge on any atom is 0.305 e. The van der Waals surface area contributed by atoms with Gasteiger partial charge in [-0.05, 0) is 57.8 Å². The smallest absolute Gasteiger partial charge is 0.305 e. The average Bonchev–Trinajstić information content (AvgIpc) is 3.48. The van der Waals surface area contributed by atoms with Crippen molar-refractivity contribution in [2.75, 3.05) is 13.2 Å². The Balaban J connectivity index is 3.37. The molecule has 0 bridgehead atoms. The predicted octanol–water partition coefficient (Wildman–Crippen LogP) is 24.9. The van der Waals surface area contributed by atoms with Gasteiger partial charge in [-0.15, -0.1) is 0 Å². The molecular weight excluding hydrogens is 1020 g/mol. The second-order valence-electron chi connectivity index (χ2n) is 26.3. The van der Waals surface area contributed by atoms with Crippen molar-refractivity contribution in [3.05, 3.63) is 24.3 Å². The number of hydrogen-bond donors (Lipinski definition) is 3. The molecule has 0 aliphatic rings. The molecule has 492 valence electrons. The van der Waals surface area contributed by atoms with Gasteiger partial charge in [0.15, 0.2) is 0 Å². The monoisotopic (exact) mass is 1170 g/mol. The van der Waals surface area contributed by atoms with Crippen LogP contribution in [0.5, 0.6) is 0 Å². The zero-order chi connectivity index (χ0) is 59.9. The predicted molar refractivity (Wildman–Crippen MR) is 366 cm³/mol. The molecule has 2 atom stereocenters. The molecule has 0 radical (unpaired) electrons. The molecule has 0 spiro atoms. The summed E-state index contributed by atoms with van der Waals surface area (Å²) < 4.78 is 5.50. The molecule has 0 aliphatic carbocycles. The fourth-order valence-corrected chi connectivity index (χ4v) is 12.2. The number of unbranched alkanes of at least 4 members (excludes halogenated alkanes) is 59. The number of aliphatic hydroxyl groups excluding tert-OH is 2. The Kier molecular flexibility index (Phi) is 71.4. The molecule has 6 nitrogen and oxygen atoms in total. The van der Waals surface area contributed by atoms with Crippen LogP contribution in [-0.4, -0.2) is 47.4 Å². The summed E-state index contributed by atoms with van der Waals surface area (Å²) in [6.07, 6.45) is 92.9. The summed E-state index contributed by atoms with van der Waals surface area (Å²) in [5.74, 6) is -0.0399. The van der Waals surface area contributed by atoms with Gasteiger partial charge in [0.25, 0.3) is 0 Å². The topological polar surface area (TPSA) is 95.9 Å². The Labute approximate surface area is 520 Å². The molecule has 3 N–H and O–H groups in total. The van der Waals surface area contributed by atoms with E-state index in [1.807, 2.05) is 6.08 Å². The lowest BCUT2D eigenvalue weighted by molar-refractivity contribution is -0.143. The molecule has 0 aromatic rings. The highest BCUT2D eigenvalue weighted by atomic mass is 16.5. The highest BCUT2D eigenvalue weighted by molar-refractivity contribution is 5.76. The minimum Gasteiger partial charge on any atom is -0.466 e. The van der Waals surface area contributed by atoms with E-state index in [1.54, 1.807) is 6.08 Å². The molecule has 0 saturated carbocycles. The van der Waals surface area contributed by atoms with Crippen LogP contribution in [0, 0.1) is 0 Å². The second kappa shape index (κ2) is 72.8. The van der Waals surface area contributed by atoms with E-state index >= 15 is 0 Å². The van der Waals surface area contributed by atoms with E-state index in [-0.39, 0.29) is 18.5 Å². The van der Waals surface area contributed by atoms with Crippen LogP contribution in [0.3, 0.4) is 0 Å². The number of aliphatic hydroxyl groups is 2. The van der Waals surface area contributed by atoms with Crippen LogP contribution in [-0.2, 0) is 14.3 Å². The van der Waals surface area contributed by atoms with E-state index in [2.05, 4.69) is 31.3 Å². The van der Waals surface area contributed by atoms with Crippen molar-refractivity contribution < 1.29 is 24.5 Å². The number of amides is 1. The highest BCUT2D eigenvalue weighted by Crippen LogP contribution is 2.19. The normalized spacial score (nSPS) is 12.6. The van der Waals surface area contributed by atoms with E-state index < -0.39 is 12.1 Å². The van der Waals surface area contributed by atoms with E-state index in [1.165, 1.54) is 366 Å². The number of esters is 1. The van der Waals surface area contributed by atoms with Crippen LogP contribution in [0.4, 0.5) is 0 Å². The van der Waals surface area contributed by atoms with Gasteiger partial charge in [0.1, 0.15) is 0 Å². The Bertz CT molecular complexity index is 1300. The first-order chi connectivity index (χ1) is 41.0. The summed E-state index contributed by atoms with van der Waals surface area (Å²) in [5.41, 5.74) is 0. The molecule has 0 saturated heterocycles. The maximum absolute atomic E-state index is 12.5. The zero-order valence-corrected chi connectivity index (χ0v) is 56.5. The van der Waals surface area contributed by atoms with Crippen LogP contribution >= 0.6 is 0 Å². The van der Waals surface area contributed by atoms with Crippen LogP contribution in [0.1, 0.15) is 431 Å². The fraction of sp³-hybridized carbons (Fsp3) is 0.922. The number of carbonyl (C=O) groups excluding carboxylic acids is 2. The van der Waals surface area contributed by atoms with Gasteiger partial charge < -0.3 is 20.3 Å². The molecule has 0 aromatic carbocycles. The minimum atomic E-state index is -0.843. The quantitative estimate of drug-likeness (QED) is 0.0320. The molecule has 6 heteroatoms. The first-order valence-corrected chi connectivity index (χ1v) is 38.1. The van der Waals surface area contributed by atoms with Crippen LogP contribution in [0.25, 0.3) is 0 Å². The van der Waals surface area contributed by atoms with Crippen LogP contribution in [0.15, 0.2) is 24.3 Å². The van der Waals surface area contributed by atoms with E-state index in [0.717, 1.165) is 38.5 Å². The van der Waals surface area contributed by atoms with Crippen LogP contribution < -0.4 is 5.32 Å². The van der Waals surface area contributed by atoms with Crippen molar-refractivity contribution in [3.8, 4) is 0 Å². The third-order valence-electron chi connectivity index (χ3n) is 18.0. The molecular formula is C77H149NO5. The Morgan fingerprint density at radius 2 is 0.566 bits per heavy atom. The summed E-state index contributed by atoms with van der Waals surface area (Å²) in [4.78, 5) is 24.6. The molecule has 0 fully saturated rings. The lowest BCUT2D eigenvalue weighted by Gasteiger charge is -2.20. The van der Waals surface area contributed by atoms with Crippen LogP contribution in [0.2, 0.25) is 0 Å². The maximum atomic E-state index is 12.5. The molecule has 0 aliphatic heterocycles. The van der Waals surface area contributed by atoms with Gasteiger partial charge in [-0.2, -0.15) is 0 Å². The minimum absolute atomic E-state index is 0.0211. The third kappa shape index (κ3) is 69.3. The van der Waals surface area contributed by atoms with Crippen molar-refractivity contribution in [2.24, 2.45) is 0 Å². The van der Waals surface area contributed by atoms with E-state index in [0.29, 0.717) is 19.4 Å². The number of allylic oxidation sites excluding steroid dienone is 3. The number of carbonyl (C=O) groups is 2. The van der Waals surface area contributed by atoms with Crippen molar-refractivity contribution in [2.45, 2.75) is 443 Å². The summed E-state index contributed by atoms with van der Waals surface area (Å²) in [7, 11) is 0. The first kappa shape index (κ1) is 81.3. The molecule has 0 heterocycles. The number of hydrogen-bond acceptors (Lipinski definition) is 5. The lowest BCUT2D eigenvalue weighted by atomic mass is 10.0. The van der Waals surface area contributed by atoms with Gasteiger partial charge >= 0.3 is 5.97 Å². The number of nitrogens with one attached hydrogen (secondary N) is 1. The Hall–Kier alpha value is -1.66. The standard InChI is InChI=1S/C77H149NO5/c1-3-5-7-9-11-13-15-17-19-20-21-36-39-42-45-49-53-57-61-65-69-75(80)74(73-79)78-76(81)70-66-62-58-54-50-46-43-40-37-34-32-30-28-26-24-22-23-25-27-29-31-33-35-38-41-44-48-52-56-60-64-68-72-83-77(82)71-67-63-59-55-51-47-18-16-14-12-10-8-6-4-2/h25,27,65,69,74-75,79-80H,3-24,26,28-64,66-68,70-73H2,1-2H3,(H,78,81)/b27-25-,69-65+. The van der Waals surface area contributed by atoms with Gasteiger partial charge in [0, 0.05) is 12.8 Å². The molecule has 1 amide bonds. The van der Waals surface area contributed by atoms with E-state index in [4.69, 9.17) is 4.74 Å².